The van der Waals surface area contributed by atoms with Crippen LogP contribution in [0.4, 0.5) is 0 Å². The summed E-state index contributed by atoms with van der Waals surface area (Å²) in [6.45, 7) is 117. The number of benzene rings is 2. The van der Waals surface area contributed by atoms with Crippen molar-refractivity contribution in [1.82, 2.24) is 0 Å². The summed E-state index contributed by atoms with van der Waals surface area (Å²) < 4.78 is 0.729. The van der Waals surface area contributed by atoms with Gasteiger partial charge < -0.3 is 0 Å². The van der Waals surface area contributed by atoms with E-state index < -0.39 is 113 Å². The van der Waals surface area contributed by atoms with E-state index in [-0.39, 0.29) is 0 Å². The summed E-state index contributed by atoms with van der Waals surface area (Å²) in [5, 5.41) is 6.80. The van der Waals surface area contributed by atoms with Crippen molar-refractivity contribution in [2.75, 3.05) is 12.3 Å². The fraction of sp³-hybridized carbons (Fsp3) is 0.810. The molecule has 0 aromatic heterocycles. The molecule has 0 radical (unpaired) electrons. The molecule has 0 saturated carbocycles. The average Bonchev–Trinajstić information content (AvgIpc) is 3.04. The van der Waals surface area contributed by atoms with Crippen LogP contribution in [0, 0.1) is 0 Å². The van der Waals surface area contributed by atoms with E-state index in [0.29, 0.717) is 8.57 Å². The number of hydrogen-bond donors (Lipinski definition) is 0. The third-order valence-electron chi connectivity index (χ3n) is 19.1. The van der Waals surface area contributed by atoms with Gasteiger partial charge in [0.15, 0.2) is 0 Å². The van der Waals surface area contributed by atoms with Gasteiger partial charge in [0.2, 0.25) is 0 Å². The molecule has 2 atom stereocenters. The highest BCUT2D eigenvalue weighted by molar-refractivity contribution is 7.48. The van der Waals surface area contributed by atoms with Crippen molar-refractivity contribution in [3.63, 3.8) is 0 Å². The Morgan fingerprint density at radius 3 is 0.506 bits per heavy atom. The monoisotopic (exact) mass is 1350 g/mol. The first-order valence-electron chi connectivity index (χ1n) is 32.0. The summed E-state index contributed by atoms with van der Waals surface area (Å²) in [4.78, 5) is 0. The Balaban J connectivity index is 3.47. The van der Waals surface area contributed by atoms with E-state index in [1.165, 1.54) is 18.7 Å². The largest absolute Gasteiger partial charge is 0.0898 e. The van der Waals surface area contributed by atoms with Gasteiger partial charge in [-0.05, 0) is 92.0 Å². The van der Waals surface area contributed by atoms with Crippen LogP contribution in [-0.4, -0.2) is 125 Å². The highest BCUT2D eigenvalue weighted by Crippen LogP contribution is 2.55. The molecule has 2 aromatic carbocycles. The predicted molar refractivity (Wildman–Crippen MR) is 424 cm³/mol. The summed E-state index contributed by atoms with van der Waals surface area (Å²) in [5.74, 6) is 0. The average molecular weight is 1350 g/mol. The van der Waals surface area contributed by atoms with Gasteiger partial charge in [-0.15, -0.1) is 0 Å². The van der Waals surface area contributed by atoms with E-state index in [1.54, 1.807) is 0 Å². The summed E-state index contributed by atoms with van der Waals surface area (Å²) in [6.07, 6.45) is 4.06. The predicted octanol–water partition coefficient (Wildman–Crippen LogP) is 22.5. The van der Waals surface area contributed by atoms with Gasteiger partial charge in [-0.3, -0.25) is 0 Å². The van der Waals surface area contributed by atoms with E-state index in [4.69, 9.17) is 0 Å². The molecule has 0 saturated heterocycles. The Kier molecular flexibility index (Phi) is 24.1. The molecule has 0 heterocycles. The molecular weight excluding hydrogens is 1210 g/mol. The maximum Gasteiger partial charge on any atom is 0.0499 e. The Bertz CT molecular complexity index is 1980. The Hall–Kier alpha value is 2.34. The number of rotatable bonds is 26. The fourth-order valence-electron chi connectivity index (χ4n) is 21.9. The summed E-state index contributed by atoms with van der Waals surface area (Å²) in [6, 6.07) is 12.3. The second-order valence-corrected chi connectivity index (χ2v) is 123. The van der Waals surface area contributed by atoms with E-state index in [2.05, 4.69) is 299 Å². The molecule has 2 aromatic rings. The van der Waals surface area contributed by atoms with E-state index in [0.717, 1.165) is 37.8 Å². The van der Waals surface area contributed by atoms with Gasteiger partial charge in [-0.25, -0.2) is 0 Å². The van der Waals surface area contributed by atoms with E-state index >= 15 is 0 Å². The first-order valence-corrected chi connectivity index (χ1v) is 84.0. The van der Waals surface area contributed by atoms with Crippen molar-refractivity contribution in [1.29, 1.82) is 0 Å². The van der Waals surface area contributed by atoms with Crippen LogP contribution in [0.5, 0.6) is 0 Å². The zero-order valence-corrected chi connectivity index (χ0v) is 77.7. The van der Waals surface area contributed by atoms with Crippen LogP contribution in [0.1, 0.15) is 60.5 Å². The van der Waals surface area contributed by atoms with Gasteiger partial charge >= 0.3 is 0 Å². The van der Waals surface area contributed by atoms with E-state index in [9.17, 15) is 0 Å². The van der Waals surface area contributed by atoms with Crippen LogP contribution in [0.3, 0.4) is 0 Å². The molecule has 0 N–H and O–H groups in total. The van der Waals surface area contributed by atoms with Crippen LogP contribution in [0.25, 0.3) is 0 Å². The normalized spacial score (nSPS) is 16.0. The second kappa shape index (κ2) is 24.6. The third-order valence-corrected chi connectivity index (χ3v) is 102. The molecule has 0 amide bonds. The summed E-state index contributed by atoms with van der Waals surface area (Å²) in [5.41, 5.74) is 11.3. The maximum absolute atomic E-state index is 3.07. The smallest absolute Gasteiger partial charge is 0.0499 e. The minimum Gasteiger partial charge on any atom is -0.0898 e. The van der Waals surface area contributed by atoms with Crippen molar-refractivity contribution >= 4 is 141 Å². The van der Waals surface area contributed by atoms with Crippen molar-refractivity contribution in [3.05, 3.63) is 57.6 Å². The first-order chi connectivity index (χ1) is 34.1. The van der Waals surface area contributed by atoms with Crippen LogP contribution >= 0.6 is 17.2 Å². The lowest BCUT2D eigenvalue weighted by Crippen LogP contribution is -2.74. The zero-order valence-electron chi connectivity index (χ0n) is 61.7. The molecule has 0 spiro atoms. The molecule has 0 fully saturated rings. The third kappa shape index (κ3) is 16.6. The summed E-state index contributed by atoms with van der Waals surface area (Å²) >= 11 is 0. The van der Waals surface area contributed by atoms with Crippen molar-refractivity contribution in [2.24, 2.45) is 0 Å². The number of hydrogen-bond acceptors (Lipinski definition) is 0. The Morgan fingerprint density at radius 2 is 0.392 bits per heavy atom. The molecule has 0 bridgehead atoms. The second-order valence-electron chi connectivity index (χ2n) is 40.9. The quantitative estimate of drug-likeness (QED) is 0.0500. The minimum atomic E-state index is -1.76. The maximum atomic E-state index is 3.07. The SMILES string of the molecule is C[Si](C)(C)C(c1cc(C([Si](C)(C)C)([Si](C)(C)C)[Si](C)(C)C)cc(C([Si](C)(C)C)[Si](C)(C)C)c1PCCCPc1c(C([Si](C)(C)C)[Si](C)(C)C)cc(C([Si](C)(C)C)([Si](C)(C)C)[Si](C)(C)C)cc1C([Si](C)(C)C)[Si](C)(C)C)[Si](C)(C)C. The van der Waals surface area contributed by atoms with Crippen LogP contribution in [0.15, 0.2) is 24.3 Å². The molecule has 0 aliphatic carbocycles. The van der Waals surface area contributed by atoms with Gasteiger partial charge in [0, 0.05) is 113 Å². The Labute approximate surface area is 516 Å². The van der Waals surface area contributed by atoms with Crippen LogP contribution in [-0.2, 0) is 8.57 Å². The van der Waals surface area contributed by atoms with Crippen LogP contribution < -0.4 is 10.6 Å². The van der Waals surface area contributed by atoms with Crippen molar-refractivity contribution in [2.45, 2.75) is 311 Å². The standard InChI is InChI=1S/C63H142P2Si14/c1-66(2,3)58(67(4,5)6)52-46-50(62(74(25,26)27,75(28,29)30)76(31,32)33)47-53(59(68(7,8)9)69(10,11)12)56(52)64-44-43-45-65-57-54(60(70(13,14)15)71(16,17)18)48-51(49-55(57)61(72(19,20)21)73(22,23)24)63(77(34,35)36,78(37,38)39)79(40,41)42/h46-49,58-61,64-65H,43-45H2,1-42H3. The molecule has 0 aliphatic heterocycles. The molecule has 0 nitrogen and oxygen atoms in total. The molecule has 16 heteroatoms. The highest BCUT2D eigenvalue weighted by Gasteiger charge is 2.63. The minimum absolute atomic E-state index is 0.364. The van der Waals surface area contributed by atoms with Crippen LogP contribution in [0.2, 0.25) is 275 Å². The van der Waals surface area contributed by atoms with Gasteiger partial charge in [-0.1, -0.05) is 316 Å². The lowest BCUT2D eigenvalue weighted by Gasteiger charge is -2.60. The molecule has 2 unspecified atom stereocenters. The lowest BCUT2D eigenvalue weighted by molar-refractivity contribution is 0.994. The highest BCUT2D eigenvalue weighted by atomic mass is 31.1. The topological polar surface area (TPSA) is 0 Å². The molecule has 460 valence electrons. The summed E-state index contributed by atoms with van der Waals surface area (Å²) in [7, 11) is -22.1. The first kappa shape index (κ1) is 77.4. The van der Waals surface area contributed by atoms with Gasteiger partial charge in [0.25, 0.3) is 0 Å². The Morgan fingerprint density at radius 1 is 0.253 bits per heavy atom. The van der Waals surface area contributed by atoms with E-state index in [1.807, 2.05) is 44.0 Å². The van der Waals surface area contributed by atoms with Gasteiger partial charge in [0.05, 0.1) is 0 Å². The molecular formula is C63H142P2Si14. The zero-order chi connectivity index (χ0) is 63.3. The molecule has 79 heavy (non-hydrogen) atoms. The molecule has 2 rings (SSSR count). The fourth-order valence-corrected chi connectivity index (χ4v) is 137. The molecule has 0 aliphatic rings. The van der Waals surface area contributed by atoms with Crippen molar-refractivity contribution < 1.29 is 0 Å². The van der Waals surface area contributed by atoms with Gasteiger partial charge in [-0.2, -0.15) is 0 Å². The van der Waals surface area contributed by atoms with Crippen molar-refractivity contribution in [3.8, 4) is 0 Å². The lowest BCUT2D eigenvalue weighted by atomic mass is 10.1. The van der Waals surface area contributed by atoms with Gasteiger partial charge in [0.1, 0.15) is 0 Å².